The summed E-state index contributed by atoms with van der Waals surface area (Å²) in [6.07, 6.45) is 10.6. The van der Waals surface area contributed by atoms with Crippen LogP contribution in [-0.2, 0) is 4.74 Å². The molecular weight excluding hydrogens is 1380 g/mol. The number of likely N-dealkylation sites (N-methyl/N-ethyl adjacent to an activating group) is 1. The van der Waals surface area contributed by atoms with Crippen LogP contribution in [-0.4, -0.2) is 183 Å². The number of hydrogen-bond acceptors (Lipinski definition) is 12. The molecule has 0 spiro atoms. The third kappa shape index (κ3) is 23.7. The average Bonchev–Trinajstić information content (AvgIpc) is 0.799. The van der Waals surface area contributed by atoms with Crippen molar-refractivity contribution in [2.24, 2.45) is 0 Å². The molecule has 3 aliphatic heterocycles. The molecule has 574 valence electrons. The number of piperidine rings is 1. The molecule has 9 aromatic rings. The Morgan fingerprint density at radius 2 is 0.670 bits per heavy atom. The minimum atomic E-state index is -1.62. The van der Waals surface area contributed by atoms with E-state index in [2.05, 4.69) is 186 Å². The van der Waals surface area contributed by atoms with Crippen LogP contribution in [0.3, 0.4) is 0 Å². The molecule has 1 amide bonds. The molecule has 0 saturated carbocycles. The van der Waals surface area contributed by atoms with E-state index in [0.717, 1.165) is 103 Å². The van der Waals surface area contributed by atoms with E-state index in [0.29, 0.717) is 32.4 Å². The van der Waals surface area contributed by atoms with Gasteiger partial charge in [-0.3, -0.25) is 0 Å². The van der Waals surface area contributed by atoms with Crippen molar-refractivity contribution < 1.29 is 40.2 Å². The Kier molecular flexibility index (Phi) is 30.2. The zero-order valence-electron chi connectivity index (χ0n) is 65.7. The summed E-state index contributed by atoms with van der Waals surface area (Å²) in [6.45, 7) is 25.9. The molecule has 0 aromatic heterocycles. The van der Waals surface area contributed by atoms with E-state index in [1.54, 1.807) is 41.3 Å². The van der Waals surface area contributed by atoms with Crippen molar-refractivity contribution in [1.29, 1.82) is 0 Å². The number of carbonyl (C=O) groups excluding carboxylic acids is 1. The van der Waals surface area contributed by atoms with Gasteiger partial charge in [-0.15, -0.1) is 0 Å². The van der Waals surface area contributed by atoms with Gasteiger partial charge in [-0.25, -0.2) is 4.79 Å². The number of phenols is 3. The number of amides is 1. The van der Waals surface area contributed by atoms with Crippen LogP contribution in [0.4, 0.5) is 10.5 Å². The van der Waals surface area contributed by atoms with Crippen molar-refractivity contribution in [3.05, 3.63) is 287 Å². The van der Waals surface area contributed by atoms with Crippen molar-refractivity contribution >= 4 is 71.7 Å². The Balaban J connectivity index is 0.000000174. The lowest BCUT2D eigenvalue weighted by molar-refractivity contribution is 0.0240. The molecule has 12 rings (SSSR count). The summed E-state index contributed by atoms with van der Waals surface area (Å²) in [6, 6.07) is 80.5. The van der Waals surface area contributed by atoms with Gasteiger partial charge in [0.15, 0.2) is 0 Å². The molecule has 0 unspecified atom stereocenters. The molecule has 13 nitrogen and oxygen atoms in total. The number of nitrogens with zero attached hydrogens (tertiary/aromatic N) is 5. The summed E-state index contributed by atoms with van der Waals surface area (Å²) in [5.41, 5.74) is 17.7. The molecule has 109 heavy (non-hydrogen) atoms. The Bertz CT molecular complexity index is 4350. The summed E-state index contributed by atoms with van der Waals surface area (Å²) < 4.78 is 5.53. The SMILES string of the molecule is CC(C)(C)OC(=O)N1CCN(c2ccc(/C(=C(/CCCO)c3ccccc3)c3ccc(O)cc3)cc2)CC1.CN1CCN(C[Si](C)(C)c2ccc(/C(=C(/CCCO)c3ccccc3)c3ccc(O)cc3)cc2)CC1.C[Si](C)(CN1CCCCC1)c1ccc(/C(=C(/CCCO)c2ccccc2)c2ccc(O)cc2)cc1. The Hall–Kier alpha value is -9.14. The highest BCUT2D eigenvalue weighted by atomic mass is 28.3. The molecule has 3 aliphatic rings. The van der Waals surface area contributed by atoms with Crippen molar-refractivity contribution in [2.45, 2.75) is 110 Å². The summed E-state index contributed by atoms with van der Waals surface area (Å²) in [4.78, 5) is 24.2. The number of piperazine rings is 2. The molecule has 0 bridgehead atoms. The van der Waals surface area contributed by atoms with Crippen molar-refractivity contribution in [3.63, 3.8) is 0 Å². The van der Waals surface area contributed by atoms with E-state index in [9.17, 15) is 35.4 Å². The number of aromatic hydroxyl groups is 3. The van der Waals surface area contributed by atoms with Crippen LogP contribution in [0.25, 0.3) is 33.4 Å². The highest BCUT2D eigenvalue weighted by Gasteiger charge is 2.31. The first kappa shape index (κ1) is 82.4. The Morgan fingerprint density at radius 3 is 0.982 bits per heavy atom. The minimum absolute atomic E-state index is 0.118. The van der Waals surface area contributed by atoms with Gasteiger partial charge in [-0.05, 0) is 237 Å². The lowest BCUT2D eigenvalue weighted by Gasteiger charge is -2.37. The number of hydrogen-bond donors (Lipinski definition) is 6. The van der Waals surface area contributed by atoms with Gasteiger partial charge in [0.25, 0.3) is 0 Å². The summed E-state index contributed by atoms with van der Waals surface area (Å²) in [5, 5.41) is 61.6. The quantitative estimate of drug-likeness (QED) is 0.0237. The van der Waals surface area contributed by atoms with E-state index in [-0.39, 0.29) is 43.2 Å². The second kappa shape index (κ2) is 40.0. The normalized spacial score (nSPS) is 15.5. The van der Waals surface area contributed by atoms with Crippen LogP contribution in [0.15, 0.2) is 237 Å². The number of phenolic OH excluding ortho intramolecular Hbond substituents is 3. The van der Waals surface area contributed by atoms with Crippen LogP contribution in [0.5, 0.6) is 17.2 Å². The maximum Gasteiger partial charge on any atom is 0.410 e. The molecule has 3 heterocycles. The van der Waals surface area contributed by atoms with Gasteiger partial charge in [-0.1, -0.05) is 231 Å². The first-order chi connectivity index (χ1) is 52.6. The second-order valence-electron chi connectivity index (χ2n) is 31.6. The van der Waals surface area contributed by atoms with Crippen molar-refractivity contribution in [3.8, 4) is 17.2 Å². The fraction of sp³-hybridized carbons (Fsp3) is 0.351. The van der Waals surface area contributed by atoms with Gasteiger partial charge >= 0.3 is 6.09 Å². The number of aliphatic hydroxyl groups excluding tert-OH is 3. The number of likely N-dealkylation sites (tertiary alicyclic amines) is 1. The van der Waals surface area contributed by atoms with Crippen LogP contribution >= 0.6 is 0 Å². The second-order valence-corrected chi connectivity index (χ2v) is 40.9. The van der Waals surface area contributed by atoms with Gasteiger partial charge in [0.05, 0.1) is 16.1 Å². The van der Waals surface area contributed by atoms with Crippen LogP contribution < -0.4 is 15.3 Å². The highest BCUT2D eigenvalue weighted by Crippen LogP contribution is 2.40. The third-order valence-corrected chi connectivity index (χ3v) is 27.4. The molecule has 0 atom stereocenters. The zero-order chi connectivity index (χ0) is 77.3. The summed E-state index contributed by atoms with van der Waals surface area (Å²) in [5.74, 6) is 0.762. The fourth-order valence-electron chi connectivity index (χ4n) is 15.3. The van der Waals surface area contributed by atoms with Gasteiger partial charge in [-0.2, -0.15) is 0 Å². The van der Waals surface area contributed by atoms with Crippen molar-refractivity contribution in [1.82, 2.24) is 19.6 Å². The molecule has 6 N–H and O–H groups in total. The van der Waals surface area contributed by atoms with Crippen LogP contribution in [0, 0.1) is 0 Å². The molecule has 9 aromatic carbocycles. The topological polar surface area (TPSA) is 164 Å². The molecule has 0 radical (unpaired) electrons. The third-order valence-electron chi connectivity index (χ3n) is 21.1. The molecular formula is C94H117N5O8Si2. The van der Waals surface area contributed by atoms with Gasteiger partial charge in [0.2, 0.25) is 0 Å². The van der Waals surface area contributed by atoms with Crippen LogP contribution in [0.2, 0.25) is 26.2 Å². The predicted octanol–water partition coefficient (Wildman–Crippen LogP) is 17.1. The summed E-state index contributed by atoms with van der Waals surface area (Å²) in [7, 11) is -0.989. The number of allylic oxidation sites excluding steroid dienone is 3. The smallest absolute Gasteiger partial charge is 0.410 e. The minimum Gasteiger partial charge on any atom is -0.508 e. The van der Waals surface area contributed by atoms with Crippen molar-refractivity contribution in [2.75, 3.05) is 110 Å². The van der Waals surface area contributed by atoms with E-state index in [4.69, 9.17) is 4.74 Å². The lowest BCUT2D eigenvalue weighted by Crippen LogP contribution is -2.56. The fourth-order valence-corrected chi connectivity index (χ4v) is 20.6. The van der Waals surface area contributed by atoms with E-state index in [1.165, 1.54) is 99.6 Å². The van der Waals surface area contributed by atoms with Gasteiger partial charge < -0.3 is 59.9 Å². The number of rotatable bonds is 25. The standard InChI is InChI=1S/C32H38N2O4.C31H40N2O2Si.C31H39NO2Si/c1-32(2,3)38-31(37)34-21-19-33(20-22-34)27-15-11-25(12-16-27)30(26-13-17-28(36)18-14-26)29(10-7-23-35)24-8-5-4-6-9-24;1-32-19-21-33(22-20-32)24-36(2,3)29-17-13-27(14-18-29)31(26-11-15-28(35)16-12-26)30(10-7-23-34)25-8-5-4-6-9-25;1-35(2,24-32-21-7-4-8-22-32)29-19-15-27(16-20-29)31(26-13-17-28(34)18-14-26)30(12-9-23-33)25-10-5-3-6-11-25/h4-6,8-9,11-18,35-36H,7,10,19-23H2,1-3H3;4-6,8-9,11-18,34-35H,7,10,19-24H2,1-3H3;3,5-6,10-11,13-20,33-34H,4,7-9,12,21-24H2,1-2H3/b30-29+;2*31-30-. The predicted molar refractivity (Wildman–Crippen MR) is 458 cm³/mol. The highest BCUT2D eigenvalue weighted by molar-refractivity contribution is 6.90. The van der Waals surface area contributed by atoms with Crippen LogP contribution in [0.1, 0.15) is 129 Å². The number of aliphatic hydroxyl groups is 3. The number of ether oxygens (including phenoxy) is 1. The number of benzene rings is 9. The molecule has 3 saturated heterocycles. The van der Waals surface area contributed by atoms with E-state index < -0.39 is 21.7 Å². The monoisotopic (exact) mass is 1500 g/mol. The average molecular weight is 1500 g/mol. The maximum atomic E-state index is 12.4. The van der Waals surface area contributed by atoms with Gasteiger partial charge in [0.1, 0.15) is 22.8 Å². The van der Waals surface area contributed by atoms with E-state index >= 15 is 0 Å². The summed E-state index contributed by atoms with van der Waals surface area (Å²) >= 11 is 0. The molecule has 15 heteroatoms. The Morgan fingerprint density at radius 1 is 0.367 bits per heavy atom. The van der Waals surface area contributed by atoms with Gasteiger partial charge in [0, 0.05) is 77.9 Å². The lowest BCUT2D eigenvalue weighted by atomic mass is 9.87. The largest absolute Gasteiger partial charge is 0.508 e. The van der Waals surface area contributed by atoms with E-state index in [1.807, 2.05) is 87.5 Å². The Labute approximate surface area is 651 Å². The first-order valence-electron chi connectivity index (χ1n) is 39.3. The number of anilines is 1. The zero-order valence-corrected chi connectivity index (χ0v) is 67.7. The maximum absolute atomic E-state index is 12.4. The first-order valence-corrected chi connectivity index (χ1v) is 45.8. The molecule has 0 aliphatic carbocycles. The molecule has 3 fully saturated rings. The number of carbonyl (C=O) groups is 1.